The zero-order chi connectivity index (χ0) is 32.4. The van der Waals surface area contributed by atoms with E-state index >= 15 is 0 Å². The summed E-state index contributed by atoms with van der Waals surface area (Å²) >= 11 is 24.9. The summed E-state index contributed by atoms with van der Waals surface area (Å²) in [7, 11) is 0. The second-order valence-corrected chi connectivity index (χ2v) is 12.7. The van der Waals surface area contributed by atoms with Gasteiger partial charge in [0.2, 0.25) is 0 Å². The highest BCUT2D eigenvalue weighted by molar-refractivity contribution is 6.35. The summed E-state index contributed by atoms with van der Waals surface area (Å²) in [5.41, 5.74) is 8.05. The number of aromatic nitrogens is 3. The molecule has 6 rings (SSSR count). The Kier molecular flexibility index (Phi) is 9.76. The van der Waals surface area contributed by atoms with Crippen molar-refractivity contribution in [2.75, 3.05) is 12.3 Å². The van der Waals surface area contributed by atoms with E-state index in [1.54, 1.807) is 54.1 Å². The van der Waals surface area contributed by atoms with Crippen molar-refractivity contribution in [3.05, 3.63) is 122 Å². The van der Waals surface area contributed by atoms with E-state index in [4.69, 9.17) is 66.3 Å². The summed E-state index contributed by atoms with van der Waals surface area (Å²) in [6, 6.07) is 19.9. The minimum Gasteiger partial charge on any atom is -0.383 e. The van der Waals surface area contributed by atoms with Crippen LogP contribution in [0, 0.1) is 11.8 Å². The zero-order valence-corrected chi connectivity index (χ0v) is 27.5. The predicted molar refractivity (Wildman–Crippen MR) is 180 cm³/mol. The van der Waals surface area contributed by atoms with Crippen LogP contribution in [0.4, 0.5) is 5.82 Å². The summed E-state index contributed by atoms with van der Waals surface area (Å²) in [4.78, 5) is 8.68. The smallest absolute Gasteiger partial charge is 0.167 e. The first-order chi connectivity index (χ1) is 22.1. The highest BCUT2D eigenvalue weighted by atomic mass is 35.5. The molecule has 12 heteroatoms. The molecule has 3 N–H and O–H groups in total. The number of hydrogen-bond acceptors (Lipinski definition) is 7. The van der Waals surface area contributed by atoms with Crippen molar-refractivity contribution < 1.29 is 19.3 Å². The van der Waals surface area contributed by atoms with Gasteiger partial charge in [0, 0.05) is 31.9 Å². The number of nitrogens with two attached hydrogens (primary N) is 1. The Hall–Kier alpha value is -3.36. The van der Waals surface area contributed by atoms with Crippen molar-refractivity contribution in [1.29, 1.82) is 0 Å². The van der Waals surface area contributed by atoms with Crippen LogP contribution in [-0.2, 0) is 27.4 Å². The lowest BCUT2D eigenvalue weighted by Gasteiger charge is -2.30. The molecule has 46 heavy (non-hydrogen) atoms. The number of nitrogens with zero attached hydrogens (tertiary/aromatic N) is 3. The second-order valence-electron chi connectivity index (χ2n) is 11.0. The van der Waals surface area contributed by atoms with E-state index < -0.39 is 24.0 Å². The monoisotopic (exact) mass is 696 g/mol. The summed E-state index contributed by atoms with van der Waals surface area (Å²) in [6.45, 7) is 1.99. The molecule has 236 valence electrons. The molecular formula is C34H28Cl4N4O4. The third kappa shape index (κ3) is 6.84. The third-order valence-electron chi connectivity index (χ3n) is 7.71. The summed E-state index contributed by atoms with van der Waals surface area (Å²) < 4.78 is 20.7. The lowest BCUT2D eigenvalue weighted by atomic mass is 9.96. The van der Waals surface area contributed by atoms with E-state index in [0.717, 1.165) is 11.1 Å². The van der Waals surface area contributed by atoms with Crippen LogP contribution in [0.15, 0.2) is 79.3 Å². The Morgan fingerprint density at radius 1 is 0.935 bits per heavy atom. The fourth-order valence-electron chi connectivity index (χ4n) is 5.43. The van der Waals surface area contributed by atoms with Gasteiger partial charge in [-0.15, -0.1) is 0 Å². The second kappa shape index (κ2) is 13.8. The average molecular weight is 698 g/mol. The first-order valence-electron chi connectivity index (χ1n) is 14.2. The van der Waals surface area contributed by atoms with Crippen LogP contribution in [0.25, 0.3) is 11.0 Å². The Morgan fingerprint density at radius 2 is 1.61 bits per heavy atom. The van der Waals surface area contributed by atoms with Crippen LogP contribution < -0.4 is 5.73 Å². The van der Waals surface area contributed by atoms with Crippen molar-refractivity contribution in [2.45, 2.75) is 44.2 Å². The van der Waals surface area contributed by atoms with Crippen LogP contribution in [-0.4, -0.2) is 44.1 Å². The summed E-state index contributed by atoms with van der Waals surface area (Å²) in [5.74, 6) is 6.60. The number of anilines is 1. The quantitative estimate of drug-likeness (QED) is 0.162. The third-order valence-corrected chi connectivity index (χ3v) is 8.89. The van der Waals surface area contributed by atoms with Gasteiger partial charge in [-0.3, -0.25) is 0 Å². The van der Waals surface area contributed by atoms with Crippen molar-refractivity contribution >= 4 is 63.3 Å². The number of aliphatic hydroxyl groups is 1. The molecule has 0 radical (unpaired) electrons. The largest absolute Gasteiger partial charge is 0.383 e. The fraction of sp³-hybridized carbons (Fsp3) is 0.235. The number of benzene rings is 3. The SMILES string of the molecule is C[C@@]1(O)[C@H](OCc2ccc(Cl)cc2Cl)[C@@H](COCc2ccc(Cl)cc2Cl)O[C@H]1n1cc(C#Cc2ccccc2)c2c(N)ncnc21. The molecule has 0 amide bonds. The highest BCUT2D eigenvalue weighted by Crippen LogP contribution is 2.43. The van der Waals surface area contributed by atoms with Gasteiger partial charge in [0.1, 0.15) is 35.6 Å². The Labute approximate surface area is 285 Å². The lowest BCUT2D eigenvalue weighted by molar-refractivity contribution is -0.114. The molecule has 8 nitrogen and oxygen atoms in total. The molecular weight excluding hydrogens is 670 g/mol. The Balaban J connectivity index is 1.33. The first kappa shape index (κ1) is 32.6. The van der Waals surface area contributed by atoms with Gasteiger partial charge in [0.05, 0.1) is 30.8 Å². The number of halogens is 4. The number of fused-ring (bicyclic) bond motifs is 1. The predicted octanol–water partition coefficient (Wildman–Crippen LogP) is 7.48. The van der Waals surface area contributed by atoms with Gasteiger partial charge in [-0.25, -0.2) is 9.97 Å². The maximum atomic E-state index is 12.1. The first-order valence-corrected chi connectivity index (χ1v) is 15.8. The number of ether oxygens (including phenoxy) is 3. The van der Waals surface area contributed by atoms with Crippen molar-refractivity contribution in [3.8, 4) is 11.8 Å². The van der Waals surface area contributed by atoms with Crippen LogP contribution in [0.1, 0.15) is 35.4 Å². The Bertz CT molecular complexity index is 1940. The molecule has 1 aliphatic rings. The maximum Gasteiger partial charge on any atom is 0.167 e. The molecule has 1 saturated heterocycles. The van der Waals surface area contributed by atoms with Gasteiger partial charge in [0.25, 0.3) is 0 Å². The molecule has 0 saturated carbocycles. The molecule has 1 aliphatic heterocycles. The zero-order valence-electron chi connectivity index (χ0n) is 24.5. The van der Waals surface area contributed by atoms with Gasteiger partial charge in [0.15, 0.2) is 6.23 Å². The van der Waals surface area contributed by atoms with Crippen LogP contribution in [0.2, 0.25) is 20.1 Å². The van der Waals surface area contributed by atoms with E-state index in [2.05, 4.69) is 21.8 Å². The van der Waals surface area contributed by atoms with Crippen molar-refractivity contribution in [2.24, 2.45) is 0 Å². The summed E-state index contributed by atoms with van der Waals surface area (Å²) in [6.07, 6.45) is 0.580. The summed E-state index contributed by atoms with van der Waals surface area (Å²) in [5, 5.41) is 14.6. The molecule has 4 atom stereocenters. The molecule has 3 heterocycles. The standard InChI is InChI=1S/C34H28Cl4N4O4/c1-34(43)30(45-17-23-10-12-25(36)14-27(23)38)28(18-44-16-22-9-11-24(35)13-26(22)37)46-33(34)42-15-21(8-7-20-5-3-2-4-6-20)29-31(39)40-19-41-32(29)42/h2-6,9-15,19,28,30,33,43H,16-18H2,1H3,(H2,39,40,41)/t28-,30-,33-,34-/m1/s1. The molecule has 5 aromatic rings. The Morgan fingerprint density at radius 3 is 2.28 bits per heavy atom. The van der Waals surface area contributed by atoms with Crippen molar-refractivity contribution in [3.63, 3.8) is 0 Å². The van der Waals surface area contributed by atoms with E-state index in [-0.39, 0.29) is 25.6 Å². The van der Waals surface area contributed by atoms with Gasteiger partial charge in [-0.2, -0.15) is 0 Å². The normalized spacial score (nSPS) is 21.0. The van der Waals surface area contributed by atoms with Crippen LogP contribution >= 0.6 is 46.4 Å². The van der Waals surface area contributed by atoms with Crippen LogP contribution in [0.5, 0.6) is 0 Å². The number of rotatable bonds is 8. The average Bonchev–Trinajstić information content (AvgIpc) is 3.51. The molecule has 0 bridgehead atoms. The fourth-order valence-corrected chi connectivity index (χ4v) is 6.35. The topological polar surface area (TPSA) is 105 Å². The van der Waals surface area contributed by atoms with E-state index in [0.29, 0.717) is 42.3 Å². The molecule has 0 aliphatic carbocycles. The molecule has 0 spiro atoms. The maximum absolute atomic E-state index is 12.1. The van der Waals surface area contributed by atoms with Gasteiger partial charge < -0.3 is 29.6 Å². The number of hydrogen-bond donors (Lipinski definition) is 2. The van der Waals surface area contributed by atoms with E-state index in [9.17, 15) is 5.11 Å². The number of nitrogen functional groups attached to an aromatic ring is 1. The highest BCUT2D eigenvalue weighted by Gasteiger charge is 2.55. The lowest BCUT2D eigenvalue weighted by Crippen LogP contribution is -2.46. The van der Waals surface area contributed by atoms with E-state index in [1.165, 1.54) is 6.33 Å². The molecule has 0 unspecified atom stereocenters. The van der Waals surface area contributed by atoms with Gasteiger partial charge in [-0.05, 0) is 54.4 Å². The van der Waals surface area contributed by atoms with Crippen LogP contribution in [0.3, 0.4) is 0 Å². The van der Waals surface area contributed by atoms with Gasteiger partial charge >= 0.3 is 0 Å². The minimum atomic E-state index is -1.58. The van der Waals surface area contributed by atoms with Crippen molar-refractivity contribution in [1.82, 2.24) is 14.5 Å². The van der Waals surface area contributed by atoms with E-state index in [1.807, 2.05) is 30.3 Å². The van der Waals surface area contributed by atoms with Gasteiger partial charge in [-0.1, -0.05) is 88.6 Å². The molecule has 3 aromatic carbocycles. The molecule has 2 aromatic heterocycles. The minimum absolute atomic E-state index is 0.0710. The molecule has 1 fully saturated rings.